The fraction of sp³-hybridized carbons (Fsp3) is 0.333. The van der Waals surface area contributed by atoms with Gasteiger partial charge in [-0.2, -0.15) is 0 Å². The van der Waals surface area contributed by atoms with Crippen molar-refractivity contribution in [2.45, 2.75) is 19.4 Å². The van der Waals surface area contributed by atoms with Crippen molar-refractivity contribution < 1.29 is 19.1 Å². The first kappa shape index (κ1) is 17.5. The quantitative estimate of drug-likeness (QED) is 0.846. The second-order valence-corrected chi connectivity index (χ2v) is 6.84. The molecule has 6 heteroatoms. The number of ether oxygens (including phenoxy) is 2. The Kier molecular flexibility index (Phi) is 4.81. The van der Waals surface area contributed by atoms with E-state index in [2.05, 4.69) is 16.3 Å². The minimum atomic E-state index is -0.814. The molecule has 1 atom stereocenters. The van der Waals surface area contributed by atoms with Gasteiger partial charge in [-0.25, -0.2) is 4.79 Å². The van der Waals surface area contributed by atoms with E-state index in [1.54, 1.807) is 12.1 Å². The van der Waals surface area contributed by atoms with Crippen molar-refractivity contribution in [3.8, 4) is 0 Å². The number of nitrogens with one attached hydrogen (secondary N) is 1. The maximum atomic E-state index is 12.6. The van der Waals surface area contributed by atoms with E-state index in [-0.39, 0.29) is 5.91 Å². The topological polar surface area (TPSA) is 67.9 Å². The predicted octanol–water partition coefficient (Wildman–Crippen LogP) is 2.55. The fourth-order valence-corrected chi connectivity index (χ4v) is 3.50. The summed E-state index contributed by atoms with van der Waals surface area (Å²) in [5, 5.41) is 2.90. The van der Waals surface area contributed by atoms with Gasteiger partial charge in [-0.1, -0.05) is 18.2 Å². The molecule has 0 aliphatic carbocycles. The molecule has 2 aromatic carbocycles. The number of anilines is 2. The molecule has 27 heavy (non-hydrogen) atoms. The number of amides is 1. The second-order valence-electron chi connectivity index (χ2n) is 6.84. The number of cyclic esters (lactones) is 1. The number of esters is 1. The van der Waals surface area contributed by atoms with Gasteiger partial charge in [-0.05, 0) is 42.3 Å². The van der Waals surface area contributed by atoms with Gasteiger partial charge >= 0.3 is 5.97 Å². The average Bonchev–Trinajstić information content (AvgIpc) is 2.70. The van der Waals surface area contributed by atoms with Gasteiger partial charge in [0.05, 0.1) is 18.8 Å². The van der Waals surface area contributed by atoms with Crippen molar-refractivity contribution in [1.29, 1.82) is 0 Å². The highest BCUT2D eigenvalue weighted by molar-refractivity contribution is 6.00. The SMILES string of the molecule is Cc1cc(N2CCOCC2)ccc1NC(=O)C1Cc2ccccc2C(=O)O1. The van der Waals surface area contributed by atoms with Crippen LogP contribution in [-0.2, 0) is 20.7 Å². The molecule has 4 rings (SSSR count). The van der Waals surface area contributed by atoms with Crippen LogP contribution in [0.15, 0.2) is 42.5 Å². The first-order valence-electron chi connectivity index (χ1n) is 9.15. The molecular weight excluding hydrogens is 344 g/mol. The van der Waals surface area contributed by atoms with E-state index in [9.17, 15) is 9.59 Å². The minimum Gasteiger partial charge on any atom is -0.448 e. The van der Waals surface area contributed by atoms with E-state index in [1.165, 1.54) is 0 Å². The Balaban J connectivity index is 1.46. The lowest BCUT2D eigenvalue weighted by Gasteiger charge is -2.29. The van der Waals surface area contributed by atoms with Gasteiger partial charge < -0.3 is 19.7 Å². The lowest BCUT2D eigenvalue weighted by Crippen LogP contribution is -2.38. The molecule has 0 spiro atoms. The Morgan fingerprint density at radius 2 is 1.93 bits per heavy atom. The normalized spacial score (nSPS) is 19.2. The number of carbonyl (C=O) groups is 2. The number of hydrogen-bond donors (Lipinski definition) is 1. The summed E-state index contributed by atoms with van der Waals surface area (Å²) in [6.45, 7) is 5.14. The van der Waals surface area contributed by atoms with Crippen LogP contribution in [0.2, 0.25) is 0 Å². The van der Waals surface area contributed by atoms with Gasteiger partial charge in [0.15, 0.2) is 6.10 Å². The van der Waals surface area contributed by atoms with Crippen LogP contribution in [0.1, 0.15) is 21.5 Å². The van der Waals surface area contributed by atoms with Crippen molar-refractivity contribution in [3.05, 3.63) is 59.2 Å². The summed E-state index contributed by atoms with van der Waals surface area (Å²) in [6, 6.07) is 13.2. The van der Waals surface area contributed by atoms with Gasteiger partial charge in [0.2, 0.25) is 0 Å². The van der Waals surface area contributed by atoms with Gasteiger partial charge in [0.1, 0.15) is 0 Å². The van der Waals surface area contributed by atoms with Crippen LogP contribution in [0.4, 0.5) is 11.4 Å². The summed E-state index contributed by atoms with van der Waals surface area (Å²) in [5.41, 5.74) is 4.19. The second kappa shape index (κ2) is 7.40. The lowest BCUT2D eigenvalue weighted by molar-refractivity contribution is -0.125. The average molecular weight is 366 g/mol. The molecule has 6 nitrogen and oxygen atoms in total. The Bertz CT molecular complexity index is 874. The van der Waals surface area contributed by atoms with Crippen LogP contribution < -0.4 is 10.2 Å². The third-order valence-corrected chi connectivity index (χ3v) is 5.03. The fourth-order valence-electron chi connectivity index (χ4n) is 3.50. The number of benzene rings is 2. The summed E-state index contributed by atoms with van der Waals surface area (Å²) in [6.07, 6.45) is -0.427. The van der Waals surface area contributed by atoms with E-state index in [0.29, 0.717) is 12.0 Å². The Hall–Kier alpha value is -2.86. The van der Waals surface area contributed by atoms with Crippen molar-refractivity contribution in [2.75, 3.05) is 36.5 Å². The van der Waals surface area contributed by atoms with Gasteiger partial charge in [-0.3, -0.25) is 4.79 Å². The lowest BCUT2D eigenvalue weighted by atomic mass is 9.98. The maximum absolute atomic E-state index is 12.6. The summed E-state index contributed by atoms with van der Waals surface area (Å²) in [5.74, 6) is -0.753. The molecule has 0 radical (unpaired) electrons. The van der Waals surface area contributed by atoms with Crippen molar-refractivity contribution in [1.82, 2.24) is 0 Å². The molecular formula is C21H22N2O4. The highest BCUT2D eigenvalue weighted by atomic mass is 16.5. The number of morpholine rings is 1. The zero-order valence-electron chi connectivity index (χ0n) is 15.2. The highest BCUT2D eigenvalue weighted by Crippen LogP contribution is 2.25. The summed E-state index contributed by atoms with van der Waals surface area (Å²) < 4.78 is 10.7. The zero-order valence-corrected chi connectivity index (χ0v) is 15.2. The zero-order chi connectivity index (χ0) is 18.8. The Morgan fingerprint density at radius 3 is 2.70 bits per heavy atom. The Morgan fingerprint density at radius 1 is 1.15 bits per heavy atom. The number of nitrogens with zero attached hydrogens (tertiary/aromatic N) is 1. The number of rotatable bonds is 3. The molecule has 1 N–H and O–H groups in total. The Labute approximate surface area is 158 Å². The molecule has 0 saturated carbocycles. The molecule has 0 bridgehead atoms. The predicted molar refractivity (Wildman–Crippen MR) is 102 cm³/mol. The smallest absolute Gasteiger partial charge is 0.339 e. The van der Waals surface area contributed by atoms with Gasteiger partial charge in [0, 0.05) is 30.9 Å². The van der Waals surface area contributed by atoms with Crippen LogP contribution in [0.3, 0.4) is 0 Å². The molecule has 1 saturated heterocycles. The third kappa shape index (κ3) is 3.66. The number of aryl methyl sites for hydroxylation is 1. The van der Waals surface area contributed by atoms with Crippen molar-refractivity contribution in [2.24, 2.45) is 0 Å². The van der Waals surface area contributed by atoms with Gasteiger partial charge in [0.25, 0.3) is 5.91 Å². The van der Waals surface area contributed by atoms with Crippen LogP contribution >= 0.6 is 0 Å². The number of hydrogen-bond acceptors (Lipinski definition) is 5. The van der Waals surface area contributed by atoms with E-state index in [0.717, 1.165) is 48.8 Å². The molecule has 2 aliphatic heterocycles. The van der Waals surface area contributed by atoms with Crippen LogP contribution in [0.5, 0.6) is 0 Å². The molecule has 1 amide bonds. The molecule has 1 fully saturated rings. The third-order valence-electron chi connectivity index (χ3n) is 5.03. The number of carbonyl (C=O) groups excluding carboxylic acids is 2. The molecule has 2 heterocycles. The van der Waals surface area contributed by atoms with Crippen LogP contribution in [0.25, 0.3) is 0 Å². The first-order chi connectivity index (χ1) is 13.1. The van der Waals surface area contributed by atoms with Gasteiger partial charge in [-0.15, -0.1) is 0 Å². The summed E-state index contributed by atoms with van der Waals surface area (Å²) in [7, 11) is 0. The molecule has 2 aromatic rings. The standard InChI is InChI=1S/C21H22N2O4/c1-14-12-16(23-8-10-26-11-9-23)6-7-18(14)22-20(24)19-13-15-4-2-3-5-17(15)21(25)27-19/h2-7,12,19H,8-11,13H2,1H3,(H,22,24). The van der Waals surface area contributed by atoms with E-state index >= 15 is 0 Å². The summed E-state index contributed by atoms with van der Waals surface area (Å²) in [4.78, 5) is 27.0. The molecule has 0 aromatic heterocycles. The first-order valence-corrected chi connectivity index (χ1v) is 9.15. The molecule has 140 valence electrons. The van der Waals surface area contributed by atoms with Crippen molar-refractivity contribution >= 4 is 23.3 Å². The van der Waals surface area contributed by atoms with E-state index < -0.39 is 12.1 Å². The minimum absolute atomic E-state index is 0.305. The summed E-state index contributed by atoms with van der Waals surface area (Å²) >= 11 is 0. The number of fused-ring (bicyclic) bond motifs is 1. The van der Waals surface area contributed by atoms with Crippen LogP contribution in [-0.4, -0.2) is 44.3 Å². The van der Waals surface area contributed by atoms with E-state index in [4.69, 9.17) is 9.47 Å². The largest absolute Gasteiger partial charge is 0.448 e. The van der Waals surface area contributed by atoms with Crippen molar-refractivity contribution in [3.63, 3.8) is 0 Å². The monoisotopic (exact) mass is 366 g/mol. The highest BCUT2D eigenvalue weighted by Gasteiger charge is 2.31. The molecule has 1 unspecified atom stereocenters. The maximum Gasteiger partial charge on any atom is 0.339 e. The molecule has 2 aliphatic rings. The van der Waals surface area contributed by atoms with E-state index in [1.807, 2.05) is 31.2 Å². The van der Waals surface area contributed by atoms with Crippen LogP contribution in [0, 0.1) is 6.92 Å².